The Bertz CT molecular complexity index is 165. The molecule has 2 bridgehead atoms. The number of fused-ring (bicyclic) bond motifs is 3. The predicted molar refractivity (Wildman–Crippen MR) is 36.5 cm³/mol. The van der Waals surface area contributed by atoms with E-state index in [0.717, 1.165) is 19.3 Å². The quantitative estimate of drug-likeness (QED) is 0.538. The highest BCUT2D eigenvalue weighted by Gasteiger charge is 2.39. The molecule has 2 nitrogen and oxygen atoms in total. The van der Waals surface area contributed by atoms with Gasteiger partial charge in [-0.3, -0.25) is 4.79 Å². The van der Waals surface area contributed by atoms with Crippen LogP contribution in [0, 0.1) is 11.8 Å². The molecule has 0 saturated heterocycles. The van der Waals surface area contributed by atoms with Gasteiger partial charge >= 0.3 is 0 Å². The van der Waals surface area contributed by atoms with Crippen LogP contribution in [0.2, 0.25) is 0 Å². The maximum atomic E-state index is 11.1. The van der Waals surface area contributed by atoms with Crippen LogP contribution >= 0.6 is 0 Å². The van der Waals surface area contributed by atoms with Crippen molar-refractivity contribution < 1.29 is 9.90 Å². The topological polar surface area (TPSA) is 37.3 Å². The van der Waals surface area contributed by atoms with E-state index < -0.39 is 0 Å². The number of aliphatic hydroxyl groups is 1. The Morgan fingerprint density at radius 1 is 1.40 bits per heavy atom. The molecule has 3 fully saturated rings. The van der Waals surface area contributed by atoms with Crippen LogP contribution in [-0.2, 0) is 4.79 Å². The molecule has 0 aromatic rings. The highest BCUT2D eigenvalue weighted by Crippen LogP contribution is 2.38. The third-order valence-electron chi connectivity index (χ3n) is 2.87. The largest absolute Gasteiger partial charge is 0.393 e. The molecule has 10 heavy (non-hydrogen) atoms. The number of hydrogen-bond acceptors (Lipinski definition) is 2. The van der Waals surface area contributed by atoms with Gasteiger partial charge in [0.25, 0.3) is 0 Å². The van der Waals surface area contributed by atoms with Gasteiger partial charge in [-0.25, -0.2) is 0 Å². The van der Waals surface area contributed by atoms with E-state index in [0.29, 0.717) is 18.1 Å². The first kappa shape index (κ1) is 6.35. The zero-order valence-corrected chi connectivity index (χ0v) is 5.92. The van der Waals surface area contributed by atoms with Gasteiger partial charge in [0.05, 0.1) is 6.10 Å². The number of aliphatic hydroxyl groups excluding tert-OH is 1. The summed E-state index contributed by atoms with van der Waals surface area (Å²) in [6.45, 7) is 0. The first-order chi connectivity index (χ1) is 4.77. The summed E-state index contributed by atoms with van der Waals surface area (Å²) in [7, 11) is 0. The van der Waals surface area contributed by atoms with Gasteiger partial charge in [0.1, 0.15) is 5.78 Å². The molecule has 0 aromatic carbocycles. The van der Waals surface area contributed by atoms with Crippen molar-refractivity contribution in [3.05, 3.63) is 0 Å². The standard InChI is InChI=1S/C8H12O2/c9-7-4-6-2-1-5(7)3-8(6)10/h5-7,9H,1-4H2. The number of Topliss-reactive ketones (excluding diaryl/α,β-unsaturated/α-hetero) is 1. The first-order valence-electron chi connectivity index (χ1n) is 3.98. The molecule has 1 N–H and O–H groups in total. The molecule has 3 aliphatic carbocycles. The first-order valence-corrected chi connectivity index (χ1v) is 3.98. The maximum Gasteiger partial charge on any atom is 0.136 e. The molecule has 0 spiro atoms. The van der Waals surface area contributed by atoms with Crippen molar-refractivity contribution in [3.8, 4) is 0 Å². The lowest BCUT2D eigenvalue weighted by molar-refractivity contribution is -0.134. The average molecular weight is 140 g/mol. The average Bonchev–Trinajstić information content (AvgIpc) is 1.91. The molecule has 3 rings (SSSR count). The second-order valence-corrected chi connectivity index (χ2v) is 3.51. The van der Waals surface area contributed by atoms with Crippen LogP contribution in [0.4, 0.5) is 0 Å². The highest BCUT2D eigenvalue weighted by molar-refractivity contribution is 5.82. The Labute approximate surface area is 60.2 Å². The molecule has 0 aromatic heterocycles. The molecule has 3 unspecified atom stereocenters. The number of rotatable bonds is 0. The van der Waals surface area contributed by atoms with Gasteiger partial charge in [0.2, 0.25) is 0 Å². The molecule has 3 saturated carbocycles. The van der Waals surface area contributed by atoms with E-state index in [4.69, 9.17) is 0 Å². The van der Waals surface area contributed by atoms with Crippen LogP contribution in [0.3, 0.4) is 0 Å². The summed E-state index contributed by atoms with van der Waals surface area (Å²) in [6, 6.07) is 0. The molecule has 0 heterocycles. The molecule has 3 atom stereocenters. The molecule has 0 amide bonds. The van der Waals surface area contributed by atoms with Crippen LogP contribution in [0.25, 0.3) is 0 Å². The summed E-state index contributed by atoms with van der Waals surface area (Å²) in [5, 5.41) is 9.36. The van der Waals surface area contributed by atoms with E-state index in [1.54, 1.807) is 0 Å². The molecular formula is C8H12O2. The van der Waals surface area contributed by atoms with Gasteiger partial charge in [0, 0.05) is 12.3 Å². The second kappa shape index (κ2) is 2.06. The van der Waals surface area contributed by atoms with Crippen LogP contribution in [-0.4, -0.2) is 17.0 Å². The molecule has 3 aliphatic rings. The Balaban J connectivity index is 2.16. The zero-order valence-electron chi connectivity index (χ0n) is 5.92. The van der Waals surface area contributed by atoms with Crippen LogP contribution in [0.15, 0.2) is 0 Å². The molecule has 0 aliphatic heterocycles. The van der Waals surface area contributed by atoms with E-state index >= 15 is 0 Å². The van der Waals surface area contributed by atoms with Crippen molar-refractivity contribution in [3.63, 3.8) is 0 Å². The molecule has 2 heteroatoms. The van der Waals surface area contributed by atoms with E-state index in [9.17, 15) is 9.90 Å². The predicted octanol–water partition coefficient (Wildman–Crippen LogP) is 0.736. The van der Waals surface area contributed by atoms with Gasteiger partial charge in [-0.05, 0) is 25.2 Å². The zero-order chi connectivity index (χ0) is 7.14. The Hall–Kier alpha value is -0.370. The minimum atomic E-state index is -0.170. The monoisotopic (exact) mass is 140 g/mol. The van der Waals surface area contributed by atoms with Crippen molar-refractivity contribution in [1.82, 2.24) is 0 Å². The maximum absolute atomic E-state index is 11.1. The summed E-state index contributed by atoms with van der Waals surface area (Å²) < 4.78 is 0. The number of carbonyl (C=O) groups excluding carboxylic acids is 1. The lowest BCUT2D eigenvalue weighted by Gasteiger charge is -2.38. The Morgan fingerprint density at radius 2 is 2.20 bits per heavy atom. The van der Waals surface area contributed by atoms with Gasteiger partial charge in [-0.15, -0.1) is 0 Å². The number of carbonyl (C=O) groups is 1. The summed E-state index contributed by atoms with van der Waals surface area (Å²) >= 11 is 0. The van der Waals surface area contributed by atoms with Crippen molar-refractivity contribution in [1.29, 1.82) is 0 Å². The Kier molecular flexibility index (Phi) is 1.31. The van der Waals surface area contributed by atoms with Crippen molar-refractivity contribution in [2.45, 2.75) is 31.8 Å². The van der Waals surface area contributed by atoms with Crippen molar-refractivity contribution in [2.75, 3.05) is 0 Å². The van der Waals surface area contributed by atoms with E-state index in [2.05, 4.69) is 0 Å². The van der Waals surface area contributed by atoms with Crippen LogP contribution < -0.4 is 0 Å². The number of ketones is 1. The van der Waals surface area contributed by atoms with Crippen molar-refractivity contribution >= 4 is 5.78 Å². The normalized spacial score (nSPS) is 46.1. The summed E-state index contributed by atoms with van der Waals surface area (Å²) in [5.74, 6) is 0.902. The van der Waals surface area contributed by atoms with Gasteiger partial charge in [-0.2, -0.15) is 0 Å². The third-order valence-corrected chi connectivity index (χ3v) is 2.87. The van der Waals surface area contributed by atoms with Gasteiger partial charge in [0.15, 0.2) is 0 Å². The lowest BCUT2D eigenvalue weighted by atomic mass is 9.68. The third kappa shape index (κ3) is 0.788. The fourth-order valence-corrected chi connectivity index (χ4v) is 2.17. The fraction of sp³-hybridized carbons (Fsp3) is 0.875. The van der Waals surface area contributed by atoms with E-state index in [1.165, 1.54) is 0 Å². The van der Waals surface area contributed by atoms with E-state index in [1.807, 2.05) is 0 Å². The highest BCUT2D eigenvalue weighted by atomic mass is 16.3. The molecular weight excluding hydrogens is 128 g/mol. The minimum Gasteiger partial charge on any atom is -0.393 e. The van der Waals surface area contributed by atoms with Crippen LogP contribution in [0.5, 0.6) is 0 Å². The Morgan fingerprint density at radius 3 is 2.50 bits per heavy atom. The molecule has 0 radical (unpaired) electrons. The van der Waals surface area contributed by atoms with Crippen LogP contribution in [0.1, 0.15) is 25.7 Å². The smallest absolute Gasteiger partial charge is 0.136 e. The second-order valence-electron chi connectivity index (χ2n) is 3.51. The van der Waals surface area contributed by atoms with Gasteiger partial charge in [-0.1, -0.05) is 0 Å². The summed E-state index contributed by atoms with van der Waals surface area (Å²) in [6.07, 6.45) is 3.31. The van der Waals surface area contributed by atoms with E-state index in [-0.39, 0.29) is 12.0 Å². The van der Waals surface area contributed by atoms with Gasteiger partial charge < -0.3 is 5.11 Å². The summed E-state index contributed by atoms with van der Waals surface area (Å²) in [5.41, 5.74) is 0. The molecule has 56 valence electrons. The van der Waals surface area contributed by atoms with Crippen molar-refractivity contribution in [2.24, 2.45) is 11.8 Å². The summed E-state index contributed by atoms with van der Waals surface area (Å²) in [4.78, 5) is 11.1. The minimum absolute atomic E-state index is 0.170. The fourth-order valence-electron chi connectivity index (χ4n) is 2.17. The lowest BCUT2D eigenvalue weighted by Crippen LogP contribution is -2.40. The number of hydrogen-bond donors (Lipinski definition) is 1. The SMILES string of the molecule is O=C1CC2CCC1CC2O.